The standard InChI is InChI=1S/C21H19N3O7/c1-27-17-11-13(12-18(28-2)19(17)29-3)20(25)23-22-14-6-8-15(9-7-14)24-31-21(26)16-5-4-10-30-16/h4-12,24H,1-3H3. The van der Waals surface area contributed by atoms with Gasteiger partial charge < -0.3 is 23.5 Å². The molecule has 0 unspecified atom stereocenters. The van der Waals surface area contributed by atoms with E-state index in [-0.39, 0.29) is 11.3 Å². The summed E-state index contributed by atoms with van der Waals surface area (Å²) in [6, 6.07) is 12.4. The maximum Gasteiger partial charge on any atom is 0.398 e. The number of hydrogen-bond donors (Lipinski definition) is 1. The molecule has 3 aromatic rings. The number of hydrogen-bond acceptors (Lipinski definition) is 9. The highest BCUT2D eigenvalue weighted by molar-refractivity contribution is 5.96. The van der Waals surface area contributed by atoms with Crippen LogP contribution in [0.1, 0.15) is 20.9 Å². The van der Waals surface area contributed by atoms with Crippen LogP contribution in [0.25, 0.3) is 0 Å². The number of furan rings is 1. The fourth-order valence-corrected chi connectivity index (χ4v) is 2.51. The lowest BCUT2D eigenvalue weighted by molar-refractivity contribution is 0.0560. The third-order valence-corrected chi connectivity index (χ3v) is 4.02. The van der Waals surface area contributed by atoms with Crippen LogP contribution in [-0.2, 0) is 4.84 Å². The SMILES string of the molecule is COc1cc(C(=O)N=Nc2ccc(NOC(=O)c3ccco3)cc2)cc(OC)c1OC. The summed E-state index contributed by atoms with van der Waals surface area (Å²) in [6.45, 7) is 0. The van der Waals surface area contributed by atoms with Crippen molar-refractivity contribution in [3.63, 3.8) is 0 Å². The second-order valence-corrected chi connectivity index (χ2v) is 5.93. The summed E-state index contributed by atoms with van der Waals surface area (Å²) in [5.74, 6) is -0.143. The molecule has 0 aliphatic rings. The van der Waals surface area contributed by atoms with Crippen LogP contribution in [0.15, 0.2) is 69.4 Å². The summed E-state index contributed by atoms with van der Waals surface area (Å²) in [5, 5.41) is 7.65. The molecule has 10 heteroatoms. The van der Waals surface area contributed by atoms with Gasteiger partial charge in [0.25, 0.3) is 5.91 Å². The van der Waals surface area contributed by atoms with Gasteiger partial charge in [0, 0.05) is 0 Å². The molecule has 1 N–H and O–H groups in total. The first kappa shape index (κ1) is 21.4. The van der Waals surface area contributed by atoms with Crippen LogP contribution in [-0.4, -0.2) is 33.2 Å². The van der Waals surface area contributed by atoms with Crippen molar-refractivity contribution in [3.05, 3.63) is 66.1 Å². The van der Waals surface area contributed by atoms with Crippen LogP contribution >= 0.6 is 0 Å². The minimum absolute atomic E-state index is 0.0724. The molecule has 2 aromatic carbocycles. The van der Waals surface area contributed by atoms with Gasteiger partial charge in [-0.2, -0.15) is 0 Å². The average molecular weight is 425 g/mol. The van der Waals surface area contributed by atoms with Gasteiger partial charge in [0.05, 0.1) is 44.5 Å². The zero-order valence-corrected chi connectivity index (χ0v) is 16.9. The summed E-state index contributed by atoms with van der Waals surface area (Å²) >= 11 is 0. The molecule has 10 nitrogen and oxygen atoms in total. The lowest BCUT2D eigenvalue weighted by Gasteiger charge is -2.12. The quantitative estimate of drug-likeness (QED) is 0.416. The summed E-state index contributed by atoms with van der Waals surface area (Å²) in [6.07, 6.45) is 1.37. The number of carbonyl (C=O) groups is 2. The molecule has 0 saturated heterocycles. The highest BCUT2D eigenvalue weighted by Crippen LogP contribution is 2.38. The molecule has 3 rings (SSSR count). The molecule has 0 fully saturated rings. The minimum Gasteiger partial charge on any atom is -0.493 e. The summed E-state index contributed by atoms with van der Waals surface area (Å²) in [4.78, 5) is 29.0. The zero-order valence-electron chi connectivity index (χ0n) is 16.9. The van der Waals surface area contributed by atoms with Gasteiger partial charge in [0.1, 0.15) is 0 Å². The monoisotopic (exact) mass is 425 g/mol. The number of azo groups is 1. The molecule has 0 aliphatic heterocycles. The fourth-order valence-electron chi connectivity index (χ4n) is 2.51. The van der Waals surface area contributed by atoms with Crippen LogP contribution < -0.4 is 19.7 Å². The topological polar surface area (TPSA) is 121 Å². The van der Waals surface area contributed by atoms with Gasteiger partial charge in [-0.25, -0.2) is 10.3 Å². The summed E-state index contributed by atoms with van der Waals surface area (Å²) < 4.78 is 20.6. The third kappa shape index (κ3) is 5.18. The van der Waals surface area contributed by atoms with Crippen molar-refractivity contribution in [1.29, 1.82) is 0 Å². The van der Waals surface area contributed by atoms with Crippen LogP contribution in [0.3, 0.4) is 0 Å². The number of amides is 1. The molecule has 0 radical (unpaired) electrons. The second-order valence-electron chi connectivity index (χ2n) is 5.93. The first-order valence-corrected chi connectivity index (χ1v) is 8.92. The maximum absolute atomic E-state index is 12.4. The van der Waals surface area contributed by atoms with E-state index in [2.05, 4.69) is 15.7 Å². The van der Waals surface area contributed by atoms with Crippen molar-refractivity contribution in [1.82, 2.24) is 0 Å². The lowest BCUT2D eigenvalue weighted by Crippen LogP contribution is -2.09. The van der Waals surface area contributed by atoms with Crippen LogP contribution in [0.5, 0.6) is 17.2 Å². The third-order valence-electron chi connectivity index (χ3n) is 4.02. The smallest absolute Gasteiger partial charge is 0.398 e. The van der Waals surface area contributed by atoms with Crippen molar-refractivity contribution in [2.24, 2.45) is 10.2 Å². The van der Waals surface area contributed by atoms with Crippen molar-refractivity contribution in [3.8, 4) is 17.2 Å². The molecule has 0 spiro atoms. The van der Waals surface area contributed by atoms with E-state index in [1.54, 1.807) is 30.3 Å². The molecule has 0 aliphatic carbocycles. The van der Waals surface area contributed by atoms with Gasteiger partial charge in [0.2, 0.25) is 11.5 Å². The predicted octanol–water partition coefficient (Wildman–Crippen LogP) is 4.41. The van der Waals surface area contributed by atoms with E-state index in [1.165, 1.54) is 45.8 Å². The van der Waals surface area contributed by atoms with Crippen molar-refractivity contribution in [2.75, 3.05) is 26.8 Å². The first-order valence-electron chi connectivity index (χ1n) is 8.92. The Morgan fingerprint density at radius 1 is 0.935 bits per heavy atom. The van der Waals surface area contributed by atoms with Gasteiger partial charge >= 0.3 is 5.97 Å². The molecule has 31 heavy (non-hydrogen) atoms. The maximum atomic E-state index is 12.4. The van der Waals surface area contributed by atoms with Gasteiger partial charge in [-0.3, -0.25) is 4.79 Å². The van der Waals surface area contributed by atoms with Gasteiger partial charge in [0.15, 0.2) is 11.5 Å². The van der Waals surface area contributed by atoms with Gasteiger partial charge in [-0.05, 0) is 48.5 Å². The molecule has 1 aromatic heterocycles. The van der Waals surface area contributed by atoms with Crippen molar-refractivity contribution in [2.45, 2.75) is 0 Å². The van der Waals surface area contributed by atoms with Crippen molar-refractivity contribution >= 4 is 23.3 Å². The minimum atomic E-state index is -0.662. The molecule has 0 bridgehead atoms. The zero-order chi connectivity index (χ0) is 22.2. The van der Waals surface area contributed by atoms with Crippen molar-refractivity contribution < 1.29 is 33.1 Å². The Balaban J connectivity index is 1.65. The highest BCUT2D eigenvalue weighted by atomic mass is 16.7. The second kappa shape index (κ2) is 9.92. The number of nitrogens with one attached hydrogen (secondary N) is 1. The molecule has 1 heterocycles. The number of benzene rings is 2. The Morgan fingerprint density at radius 3 is 2.16 bits per heavy atom. The largest absolute Gasteiger partial charge is 0.493 e. The number of nitrogens with zero attached hydrogens (tertiary/aromatic N) is 2. The average Bonchev–Trinajstić information content (AvgIpc) is 3.35. The van der Waals surface area contributed by atoms with E-state index in [1.807, 2.05) is 0 Å². The Kier molecular flexibility index (Phi) is 6.84. The summed E-state index contributed by atoms with van der Waals surface area (Å²) in [5.41, 5.74) is 3.64. The number of anilines is 1. The van der Waals surface area contributed by atoms with Crippen LogP contribution in [0, 0.1) is 0 Å². The lowest BCUT2D eigenvalue weighted by atomic mass is 10.1. The number of rotatable bonds is 8. The molecular formula is C21H19N3O7. The Hall–Kier alpha value is -4.34. The molecule has 0 atom stereocenters. The van der Waals surface area contributed by atoms with E-state index < -0.39 is 11.9 Å². The van der Waals surface area contributed by atoms with E-state index >= 15 is 0 Å². The Bertz CT molecular complexity index is 1050. The van der Waals surface area contributed by atoms with Gasteiger partial charge in [-0.15, -0.1) is 10.2 Å². The van der Waals surface area contributed by atoms with E-state index in [0.717, 1.165) is 0 Å². The summed E-state index contributed by atoms with van der Waals surface area (Å²) in [7, 11) is 4.38. The normalized spacial score (nSPS) is 10.5. The number of methoxy groups -OCH3 is 3. The first-order chi connectivity index (χ1) is 15.0. The highest BCUT2D eigenvalue weighted by Gasteiger charge is 2.17. The predicted molar refractivity (Wildman–Crippen MR) is 109 cm³/mol. The Labute approximate surface area is 177 Å². The number of ether oxygens (including phenoxy) is 3. The van der Waals surface area contributed by atoms with E-state index in [9.17, 15) is 9.59 Å². The fraction of sp³-hybridized carbons (Fsp3) is 0.143. The number of carbonyl (C=O) groups excluding carboxylic acids is 2. The van der Waals surface area contributed by atoms with Crippen LogP contribution in [0.2, 0.25) is 0 Å². The Morgan fingerprint density at radius 2 is 1.61 bits per heavy atom. The van der Waals surface area contributed by atoms with E-state index in [4.69, 9.17) is 23.5 Å². The molecule has 160 valence electrons. The van der Waals surface area contributed by atoms with E-state index in [0.29, 0.717) is 28.6 Å². The van der Waals surface area contributed by atoms with Crippen LogP contribution in [0.4, 0.5) is 11.4 Å². The molecule has 0 saturated carbocycles. The molecule has 1 amide bonds. The van der Waals surface area contributed by atoms with Gasteiger partial charge in [-0.1, -0.05) is 0 Å². The molecular weight excluding hydrogens is 406 g/mol.